The van der Waals surface area contributed by atoms with Gasteiger partial charge in [-0.25, -0.2) is 4.98 Å². The molecule has 3 heterocycles. The van der Waals surface area contributed by atoms with Crippen LogP contribution in [-0.4, -0.2) is 19.7 Å². The molecule has 31 heavy (non-hydrogen) atoms. The first kappa shape index (κ1) is 19.5. The Balaban J connectivity index is 1.62. The molecule has 5 aromatic rings. The maximum Gasteiger partial charge on any atom is 0.260 e. The molecule has 8 heteroatoms. The fraction of sp³-hybridized carbons (Fsp3) is 0.0435. The smallest absolute Gasteiger partial charge is 0.260 e. The second-order valence-electron chi connectivity index (χ2n) is 6.85. The van der Waals surface area contributed by atoms with Gasteiger partial charge in [-0.15, -0.1) is 10.2 Å². The van der Waals surface area contributed by atoms with Crippen molar-refractivity contribution in [2.75, 3.05) is 0 Å². The van der Waals surface area contributed by atoms with Gasteiger partial charge in [-0.05, 0) is 48.5 Å². The average molecular weight is 449 g/mol. The lowest BCUT2D eigenvalue weighted by molar-refractivity contribution is 0.488. The highest BCUT2D eigenvalue weighted by Gasteiger charge is 2.17. The Kier molecular flexibility index (Phi) is 5.02. The molecule has 152 valence electrons. The Morgan fingerprint density at radius 1 is 0.903 bits per heavy atom. The maximum atomic E-state index is 13.4. The zero-order valence-corrected chi connectivity index (χ0v) is 17.5. The fourth-order valence-corrected chi connectivity index (χ4v) is 3.75. The van der Waals surface area contributed by atoms with Gasteiger partial charge in [0.1, 0.15) is 12.2 Å². The molecule has 0 unspecified atom stereocenters. The molecule has 0 aliphatic heterocycles. The van der Waals surface area contributed by atoms with Gasteiger partial charge in [0.05, 0.1) is 0 Å². The molecule has 0 N–H and O–H groups in total. The zero-order valence-electron chi connectivity index (χ0n) is 16.0. The van der Waals surface area contributed by atoms with Crippen LogP contribution in [0.1, 0.15) is 5.89 Å². The number of nitrogens with zero attached hydrogens (tertiary/aromatic N) is 4. The molecule has 3 aromatic heterocycles. The Bertz CT molecular complexity index is 1460. The van der Waals surface area contributed by atoms with Crippen molar-refractivity contribution in [1.82, 2.24) is 19.7 Å². The van der Waals surface area contributed by atoms with E-state index in [2.05, 4.69) is 15.2 Å². The van der Waals surface area contributed by atoms with E-state index in [1.807, 2.05) is 30.3 Å². The maximum absolute atomic E-state index is 13.4. The van der Waals surface area contributed by atoms with Crippen LogP contribution in [0.4, 0.5) is 0 Å². The van der Waals surface area contributed by atoms with Gasteiger partial charge in [-0.2, -0.15) is 0 Å². The minimum absolute atomic E-state index is 0.0746. The summed E-state index contributed by atoms with van der Waals surface area (Å²) in [5.74, 6) is 0.634. The van der Waals surface area contributed by atoms with E-state index in [1.54, 1.807) is 42.6 Å². The molecule has 2 aromatic carbocycles. The summed E-state index contributed by atoms with van der Waals surface area (Å²) >= 11 is 12.3. The first-order valence-electron chi connectivity index (χ1n) is 9.42. The molecule has 0 aliphatic rings. The molecule has 0 bridgehead atoms. The summed E-state index contributed by atoms with van der Waals surface area (Å²) in [7, 11) is 0. The molecule has 0 saturated carbocycles. The second-order valence-corrected chi connectivity index (χ2v) is 7.70. The predicted octanol–water partition coefficient (Wildman–Crippen LogP) is 5.47. The molecule has 0 saturated heterocycles. The minimum Gasteiger partial charge on any atom is -0.419 e. The van der Waals surface area contributed by atoms with Crippen LogP contribution in [0.25, 0.3) is 33.6 Å². The van der Waals surface area contributed by atoms with Crippen molar-refractivity contribution < 1.29 is 4.42 Å². The van der Waals surface area contributed by atoms with E-state index < -0.39 is 0 Å². The molecule has 5 rings (SSSR count). The zero-order chi connectivity index (χ0) is 21.4. The van der Waals surface area contributed by atoms with Crippen molar-refractivity contribution in [1.29, 1.82) is 0 Å². The van der Waals surface area contributed by atoms with Crippen molar-refractivity contribution >= 4 is 34.2 Å². The third kappa shape index (κ3) is 3.71. The minimum atomic E-state index is -0.245. The first-order valence-corrected chi connectivity index (χ1v) is 10.2. The van der Waals surface area contributed by atoms with Crippen LogP contribution in [0.3, 0.4) is 0 Å². The van der Waals surface area contributed by atoms with Crippen LogP contribution in [0.2, 0.25) is 10.0 Å². The summed E-state index contributed by atoms with van der Waals surface area (Å²) in [4.78, 5) is 17.8. The summed E-state index contributed by atoms with van der Waals surface area (Å²) < 4.78 is 7.33. The Morgan fingerprint density at radius 2 is 1.71 bits per heavy atom. The lowest BCUT2D eigenvalue weighted by Gasteiger charge is -2.11. The second kappa shape index (κ2) is 7.98. The summed E-state index contributed by atoms with van der Waals surface area (Å²) in [5, 5.41) is 10.1. The molecular weight excluding hydrogens is 435 g/mol. The topological polar surface area (TPSA) is 73.8 Å². The van der Waals surface area contributed by atoms with E-state index in [4.69, 9.17) is 27.6 Å². The molecule has 0 aliphatic carbocycles. The van der Waals surface area contributed by atoms with E-state index in [0.717, 1.165) is 10.9 Å². The van der Waals surface area contributed by atoms with Crippen LogP contribution < -0.4 is 5.56 Å². The number of hydrogen-bond acceptors (Lipinski definition) is 5. The standard InChI is InChI=1S/C23H14Cl2N4O2/c24-16-9-7-14(8-10-16)22-28-27-20(31-22)13-29-21-15(4-3-11-26-21)12-18(23(29)30)17-5-1-2-6-19(17)25/h1-12H,13H2. The predicted molar refractivity (Wildman–Crippen MR) is 120 cm³/mol. The van der Waals surface area contributed by atoms with Gasteiger partial charge in [-0.1, -0.05) is 41.4 Å². The van der Waals surface area contributed by atoms with Gasteiger partial charge < -0.3 is 4.42 Å². The van der Waals surface area contributed by atoms with Gasteiger partial charge in [0.15, 0.2) is 0 Å². The molecule has 6 nitrogen and oxygen atoms in total. The monoisotopic (exact) mass is 448 g/mol. The number of aromatic nitrogens is 4. The quantitative estimate of drug-likeness (QED) is 0.364. The largest absolute Gasteiger partial charge is 0.419 e. The van der Waals surface area contributed by atoms with Crippen LogP contribution in [0.15, 0.2) is 82.1 Å². The van der Waals surface area contributed by atoms with Gasteiger partial charge in [0, 0.05) is 38.3 Å². The van der Waals surface area contributed by atoms with Gasteiger partial charge >= 0.3 is 0 Å². The normalized spacial score (nSPS) is 11.2. The molecule has 0 fully saturated rings. The van der Waals surface area contributed by atoms with Crippen molar-refractivity contribution in [3.05, 3.63) is 99.2 Å². The SMILES string of the molecule is O=c1c(-c2ccccc2Cl)cc2cccnc2n1Cc1nnc(-c2ccc(Cl)cc2)o1. The molecule has 0 atom stereocenters. The number of rotatable bonds is 4. The molecule has 0 spiro atoms. The van der Waals surface area contributed by atoms with E-state index in [1.165, 1.54) is 4.57 Å². The van der Waals surface area contributed by atoms with E-state index >= 15 is 0 Å². The summed E-state index contributed by atoms with van der Waals surface area (Å²) in [6.07, 6.45) is 1.64. The van der Waals surface area contributed by atoms with E-state index in [-0.39, 0.29) is 18.0 Å². The number of hydrogen-bond donors (Lipinski definition) is 0. The van der Waals surface area contributed by atoms with E-state index in [0.29, 0.717) is 32.7 Å². The fourth-order valence-electron chi connectivity index (χ4n) is 3.39. The van der Waals surface area contributed by atoms with Crippen molar-refractivity contribution in [3.8, 4) is 22.6 Å². The first-order chi connectivity index (χ1) is 15.1. The summed E-state index contributed by atoms with van der Waals surface area (Å²) in [5.41, 5.74) is 2.15. The average Bonchev–Trinajstić information content (AvgIpc) is 3.25. The molecule has 0 radical (unpaired) electrons. The van der Waals surface area contributed by atoms with Gasteiger partial charge in [-0.3, -0.25) is 9.36 Å². The Labute approximate surface area is 186 Å². The Morgan fingerprint density at radius 3 is 2.52 bits per heavy atom. The Hall–Kier alpha value is -3.48. The molecular formula is C23H14Cl2N4O2. The van der Waals surface area contributed by atoms with Crippen molar-refractivity contribution in [2.24, 2.45) is 0 Å². The number of halogens is 2. The lowest BCUT2D eigenvalue weighted by atomic mass is 10.1. The van der Waals surface area contributed by atoms with Gasteiger partial charge in [0.2, 0.25) is 11.8 Å². The lowest BCUT2D eigenvalue weighted by Crippen LogP contribution is -2.23. The van der Waals surface area contributed by atoms with Crippen LogP contribution >= 0.6 is 23.2 Å². The van der Waals surface area contributed by atoms with Crippen LogP contribution in [-0.2, 0) is 6.54 Å². The number of benzene rings is 2. The molecule has 0 amide bonds. The number of pyridine rings is 2. The highest BCUT2D eigenvalue weighted by Crippen LogP contribution is 2.27. The number of fused-ring (bicyclic) bond motifs is 1. The van der Waals surface area contributed by atoms with Crippen molar-refractivity contribution in [3.63, 3.8) is 0 Å². The summed E-state index contributed by atoms with van der Waals surface area (Å²) in [6.45, 7) is 0.0746. The third-order valence-corrected chi connectivity index (χ3v) is 5.44. The highest BCUT2D eigenvalue weighted by molar-refractivity contribution is 6.33. The van der Waals surface area contributed by atoms with Crippen LogP contribution in [0.5, 0.6) is 0 Å². The summed E-state index contributed by atoms with van der Waals surface area (Å²) in [6, 6.07) is 19.8. The highest BCUT2D eigenvalue weighted by atomic mass is 35.5. The van der Waals surface area contributed by atoms with Gasteiger partial charge in [0.25, 0.3) is 5.56 Å². The third-order valence-electron chi connectivity index (χ3n) is 4.86. The van der Waals surface area contributed by atoms with E-state index in [9.17, 15) is 4.79 Å². The van der Waals surface area contributed by atoms with Crippen LogP contribution in [0, 0.1) is 0 Å². The van der Waals surface area contributed by atoms with Crippen molar-refractivity contribution in [2.45, 2.75) is 6.54 Å².